The number of allylic oxidation sites excluding steroid dienone is 18. The summed E-state index contributed by atoms with van der Waals surface area (Å²) in [5.74, 6) is -1.01. The fourth-order valence-corrected chi connectivity index (χ4v) is 6.02. The highest BCUT2D eigenvalue weighted by Crippen LogP contribution is 2.12. The standard InChI is InChI=1S/C54H86O6/c1-4-7-10-13-16-19-22-25-26-27-30-32-35-38-41-44-47-53(56)59-50-51(60-54(57)48-45-42-39-36-33-29-24-21-18-15-12-9-6-3)49-58-52(55)46-43-40-37-34-31-28-23-20-17-14-11-8-5-2/h7,9-10,12,15-16,18-19,21,24-26,28-33,51H,4-6,8,11,13-14,17,20,22-23,27,34-50H2,1-3H3/b10-7-,12-9-,18-15-,19-16-,24-21-,26-25-,31-28-,32-30-,33-29-. The molecule has 0 spiro atoms. The van der Waals surface area contributed by atoms with E-state index in [1.807, 2.05) is 36.5 Å². The normalized spacial score (nSPS) is 13.1. The van der Waals surface area contributed by atoms with Gasteiger partial charge in [0.2, 0.25) is 0 Å². The van der Waals surface area contributed by atoms with E-state index in [0.29, 0.717) is 19.3 Å². The van der Waals surface area contributed by atoms with Crippen molar-refractivity contribution in [3.63, 3.8) is 0 Å². The lowest BCUT2D eigenvalue weighted by Crippen LogP contribution is -2.30. The molecule has 0 aliphatic rings. The van der Waals surface area contributed by atoms with Crippen LogP contribution < -0.4 is 0 Å². The Morgan fingerprint density at radius 1 is 0.367 bits per heavy atom. The van der Waals surface area contributed by atoms with Gasteiger partial charge in [-0.05, 0) is 103 Å². The zero-order valence-corrected chi connectivity index (χ0v) is 38.4. The molecule has 0 bridgehead atoms. The smallest absolute Gasteiger partial charge is 0.306 e. The molecule has 0 N–H and O–H groups in total. The molecule has 60 heavy (non-hydrogen) atoms. The number of hydrogen-bond acceptors (Lipinski definition) is 6. The lowest BCUT2D eigenvalue weighted by atomic mass is 10.1. The van der Waals surface area contributed by atoms with E-state index in [0.717, 1.165) is 109 Å². The minimum Gasteiger partial charge on any atom is -0.462 e. The predicted molar refractivity (Wildman–Crippen MR) is 256 cm³/mol. The van der Waals surface area contributed by atoms with Crippen LogP contribution in [-0.2, 0) is 28.6 Å². The molecule has 0 heterocycles. The van der Waals surface area contributed by atoms with Gasteiger partial charge in [0.15, 0.2) is 6.10 Å². The van der Waals surface area contributed by atoms with Gasteiger partial charge in [-0.25, -0.2) is 0 Å². The molecule has 0 saturated heterocycles. The molecule has 6 heteroatoms. The zero-order chi connectivity index (χ0) is 43.7. The average molecular weight is 831 g/mol. The summed E-state index contributed by atoms with van der Waals surface area (Å²) >= 11 is 0. The fourth-order valence-electron chi connectivity index (χ4n) is 6.02. The predicted octanol–water partition coefficient (Wildman–Crippen LogP) is 15.6. The van der Waals surface area contributed by atoms with Crippen LogP contribution in [0.25, 0.3) is 0 Å². The molecular weight excluding hydrogens is 745 g/mol. The van der Waals surface area contributed by atoms with Crippen molar-refractivity contribution in [1.29, 1.82) is 0 Å². The molecule has 0 aromatic heterocycles. The highest BCUT2D eigenvalue weighted by atomic mass is 16.6. The van der Waals surface area contributed by atoms with E-state index in [-0.39, 0.29) is 37.5 Å². The molecule has 0 aromatic rings. The van der Waals surface area contributed by atoms with Crippen molar-refractivity contribution in [2.24, 2.45) is 0 Å². The van der Waals surface area contributed by atoms with Gasteiger partial charge in [0.25, 0.3) is 0 Å². The van der Waals surface area contributed by atoms with Crippen molar-refractivity contribution in [2.45, 2.75) is 200 Å². The summed E-state index contributed by atoms with van der Waals surface area (Å²) in [6.07, 6.45) is 63.6. The summed E-state index contributed by atoms with van der Waals surface area (Å²) in [6, 6.07) is 0. The third-order valence-corrected chi connectivity index (χ3v) is 9.59. The van der Waals surface area contributed by atoms with Crippen molar-refractivity contribution in [3.05, 3.63) is 109 Å². The molecule has 0 amide bonds. The number of carbonyl (C=O) groups is 3. The summed E-state index contributed by atoms with van der Waals surface area (Å²) in [5.41, 5.74) is 0. The molecule has 1 atom stereocenters. The second-order valence-corrected chi connectivity index (χ2v) is 15.3. The van der Waals surface area contributed by atoms with Crippen LogP contribution in [0.15, 0.2) is 109 Å². The monoisotopic (exact) mass is 831 g/mol. The third kappa shape index (κ3) is 45.2. The Labute approximate surface area is 368 Å². The van der Waals surface area contributed by atoms with E-state index in [9.17, 15) is 14.4 Å². The Morgan fingerprint density at radius 2 is 0.733 bits per heavy atom. The molecule has 0 fully saturated rings. The van der Waals surface area contributed by atoms with Gasteiger partial charge in [0, 0.05) is 19.3 Å². The van der Waals surface area contributed by atoms with E-state index >= 15 is 0 Å². The van der Waals surface area contributed by atoms with Gasteiger partial charge < -0.3 is 14.2 Å². The largest absolute Gasteiger partial charge is 0.462 e. The number of esters is 3. The number of carbonyl (C=O) groups excluding carboxylic acids is 3. The summed E-state index contributed by atoms with van der Waals surface area (Å²) in [7, 11) is 0. The molecular formula is C54H86O6. The van der Waals surface area contributed by atoms with Gasteiger partial charge in [-0.2, -0.15) is 0 Å². The highest BCUT2D eigenvalue weighted by Gasteiger charge is 2.19. The Bertz CT molecular complexity index is 1280. The van der Waals surface area contributed by atoms with Crippen LogP contribution in [-0.4, -0.2) is 37.2 Å². The van der Waals surface area contributed by atoms with E-state index < -0.39 is 6.10 Å². The SMILES string of the molecule is CC\C=C/C=C\C=C/C=C\CCCCCC(=O)OC(COC(=O)CCCCC/C=C\C/C=C\C/C=C\C/C=C\CC)COC(=O)CCCCC/C=C\CCCCCCCC. The van der Waals surface area contributed by atoms with Crippen molar-refractivity contribution >= 4 is 17.9 Å². The summed E-state index contributed by atoms with van der Waals surface area (Å²) < 4.78 is 16.7. The molecule has 0 aromatic carbocycles. The zero-order valence-electron chi connectivity index (χ0n) is 38.4. The molecule has 0 rings (SSSR count). The quantitative estimate of drug-likeness (QED) is 0.0201. The lowest BCUT2D eigenvalue weighted by Gasteiger charge is -2.18. The first-order valence-electron chi connectivity index (χ1n) is 23.9. The second kappa shape index (κ2) is 47.7. The fraction of sp³-hybridized carbons (Fsp3) is 0.611. The first-order valence-corrected chi connectivity index (χ1v) is 23.9. The van der Waals surface area contributed by atoms with Gasteiger partial charge in [0.05, 0.1) is 0 Å². The second-order valence-electron chi connectivity index (χ2n) is 15.3. The maximum Gasteiger partial charge on any atom is 0.306 e. The van der Waals surface area contributed by atoms with Gasteiger partial charge in [-0.15, -0.1) is 0 Å². The average Bonchev–Trinajstić information content (AvgIpc) is 3.24. The molecule has 0 aliphatic carbocycles. The minimum absolute atomic E-state index is 0.115. The third-order valence-electron chi connectivity index (χ3n) is 9.59. The first kappa shape index (κ1) is 56.1. The van der Waals surface area contributed by atoms with Gasteiger partial charge in [-0.1, -0.05) is 182 Å². The van der Waals surface area contributed by atoms with Crippen molar-refractivity contribution in [1.82, 2.24) is 0 Å². The van der Waals surface area contributed by atoms with E-state index in [1.54, 1.807) is 0 Å². The Hall–Kier alpha value is -3.93. The Kier molecular flexibility index (Phi) is 44.6. The van der Waals surface area contributed by atoms with Crippen LogP contribution in [0.2, 0.25) is 0 Å². The molecule has 0 aliphatic heterocycles. The van der Waals surface area contributed by atoms with Crippen LogP contribution in [0.5, 0.6) is 0 Å². The molecule has 1 unspecified atom stereocenters. The number of rotatable bonds is 41. The molecule has 0 saturated carbocycles. The number of unbranched alkanes of at least 4 members (excludes halogenated alkanes) is 15. The van der Waals surface area contributed by atoms with E-state index in [2.05, 4.69) is 93.7 Å². The molecule has 0 radical (unpaired) electrons. The first-order chi connectivity index (χ1) is 29.5. The molecule has 338 valence electrons. The van der Waals surface area contributed by atoms with Crippen LogP contribution in [0.4, 0.5) is 0 Å². The minimum atomic E-state index is -0.818. The van der Waals surface area contributed by atoms with Crippen molar-refractivity contribution < 1.29 is 28.6 Å². The highest BCUT2D eigenvalue weighted by molar-refractivity contribution is 5.71. The Morgan fingerprint density at radius 3 is 1.23 bits per heavy atom. The number of hydrogen-bond donors (Lipinski definition) is 0. The maximum atomic E-state index is 12.7. The topological polar surface area (TPSA) is 78.9 Å². The van der Waals surface area contributed by atoms with Crippen molar-refractivity contribution in [2.75, 3.05) is 13.2 Å². The van der Waals surface area contributed by atoms with E-state index in [1.165, 1.54) is 38.5 Å². The summed E-state index contributed by atoms with van der Waals surface area (Å²) in [5, 5.41) is 0. The lowest BCUT2D eigenvalue weighted by molar-refractivity contribution is -0.167. The van der Waals surface area contributed by atoms with Crippen LogP contribution in [0.1, 0.15) is 194 Å². The van der Waals surface area contributed by atoms with Gasteiger partial charge in [0.1, 0.15) is 13.2 Å². The van der Waals surface area contributed by atoms with E-state index in [4.69, 9.17) is 14.2 Å². The van der Waals surface area contributed by atoms with Gasteiger partial charge >= 0.3 is 17.9 Å². The van der Waals surface area contributed by atoms with Crippen LogP contribution in [0.3, 0.4) is 0 Å². The molecule has 6 nitrogen and oxygen atoms in total. The number of ether oxygens (including phenoxy) is 3. The Balaban J connectivity index is 4.54. The maximum absolute atomic E-state index is 12.7. The summed E-state index contributed by atoms with van der Waals surface area (Å²) in [6.45, 7) is 6.27. The van der Waals surface area contributed by atoms with Gasteiger partial charge in [-0.3, -0.25) is 14.4 Å². The van der Waals surface area contributed by atoms with Crippen LogP contribution in [0, 0.1) is 0 Å². The summed E-state index contributed by atoms with van der Waals surface area (Å²) in [4.78, 5) is 37.8. The van der Waals surface area contributed by atoms with Crippen LogP contribution >= 0.6 is 0 Å². The van der Waals surface area contributed by atoms with Crippen molar-refractivity contribution in [3.8, 4) is 0 Å².